The van der Waals surface area contributed by atoms with Crippen LogP contribution in [0.25, 0.3) is 11.6 Å². The summed E-state index contributed by atoms with van der Waals surface area (Å²) in [5.41, 5.74) is 1.03. The van der Waals surface area contributed by atoms with Crippen molar-refractivity contribution in [1.29, 1.82) is 0 Å². The molecule has 0 unspecified atom stereocenters. The van der Waals surface area contributed by atoms with Crippen molar-refractivity contribution in [2.24, 2.45) is 0 Å². The summed E-state index contributed by atoms with van der Waals surface area (Å²) in [6.07, 6.45) is 8.20. The number of amides is 1. The smallest absolute Gasteiger partial charge is 0.255 e. The number of aromatic nitrogens is 4. The maximum atomic E-state index is 12.7. The highest BCUT2D eigenvalue weighted by Gasteiger charge is 2.18. The molecule has 1 aromatic carbocycles. The van der Waals surface area contributed by atoms with E-state index in [0.717, 1.165) is 0 Å². The van der Waals surface area contributed by atoms with Gasteiger partial charge in [-0.05, 0) is 37.3 Å². The Hall–Kier alpha value is -3.99. The first kappa shape index (κ1) is 19.8. The van der Waals surface area contributed by atoms with Gasteiger partial charge in [-0.1, -0.05) is 5.92 Å². The summed E-state index contributed by atoms with van der Waals surface area (Å²) in [6.45, 7) is 1.86. The molecule has 3 aromatic rings. The van der Waals surface area contributed by atoms with Crippen LogP contribution < -0.4 is 15.2 Å². The van der Waals surface area contributed by atoms with Crippen LogP contribution in [0.1, 0.15) is 11.3 Å². The normalized spacial score (nSPS) is 10.2. The number of carbonyl (C=O) groups is 1. The summed E-state index contributed by atoms with van der Waals surface area (Å²) in [4.78, 5) is 41.8. The first-order chi connectivity index (χ1) is 14.0. The largest absolute Gasteiger partial charge is 0.481 e. The van der Waals surface area contributed by atoms with Gasteiger partial charge in [0.2, 0.25) is 5.91 Å². The Balaban J connectivity index is 1.76. The molecule has 1 amide bonds. The van der Waals surface area contributed by atoms with E-state index in [1.54, 1.807) is 56.7 Å². The molecule has 0 atom stereocenters. The molecule has 0 aliphatic heterocycles. The average Bonchev–Trinajstić information content (AvgIpc) is 2.75. The fourth-order valence-electron chi connectivity index (χ4n) is 2.65. The number of hydrogen-bond acceptors (Lipinski definition) is 6. The lowest BCUT2D eigenvalue weighted by Gasteiger charge is -2.18. The van der Waals surface area contributed by atoms with Gasteiger partial charge in [0, 0.05) is 36.4 Å². The van der Waals surface area contributed by atoms with Gasteiger partial charge >= 0.3 is 0 Å². The van der Waals surface area contributed by atoms with Crippen molar-refractivity contribution < 1.29 is 9.53 Å². The summed E-state index contributed by atoms with van der Waals surface area (Å²) < 4.78 is 5.32. The molecule has 2 heterocycles. The SMILES string of the molecule is C#CCOc1ccc(N(C)C(=O)Cc2c(C)nc(-c3ncccn3)[nH]c2=O)cc1. The van der Waals surface area contributed by atoms with Gasteiger partial charge in [0.1, 0.15) is 12.4 Å². The monoisotopic (exact) mass is 389 g/mol. The van der Waals surface area contributed by atoms with Crippen LogP contribution in [-0.2, 0) is 11.2 Å². The van der Waals surface area contributed by atoms with Crippen molar-refractivity contribution in [3.63, 3.8) is 0 Å². The van der Waals surface area contributed by atoms with E-state index in [1.165, 1.54) is 4.90 Å². The summed E-state index contributed by atoms with van der Waals surface area (Å²) in [6, 6.07) is 8.62. The van der Waals surface area contributed by atoms with Crippen LogP contribution in [0, 0.1) is 19.3 Å². The zero-order valence-electron chi connectivity index (χ0n) is 16.0. The highest BCUT2D eigenvalue weighted by molar-refractivity contribution is 5.94. The number of likely N-dealkylation sites (N-methyl/N-ethyl adjacent to an activating group) is 1. The molecule has 0 saturated heterocycles. The van der Waals surface area contributed by atoms with E-state index in [1.807, 2.05) is 0 Å². The van der Waals surface area contributed by atoms with Gasteiger partial charge in [0.15, 0.2) is 11.6 Å². The van der Waals surface area contributed by atoms with Crippen LogP contribution in [-0.4, -0.2) is 39.5 Å². The third-order valence-electron chi connectivity index (χ3n) is 4.25. The predicted octanol–water partition coefficient (Wildman–Crippen LogP) is 1.75. The molecule has 29 heavy (non-hydrogen) atoms. The Morgan fingerprint density at radius 1 is 1.24 bits per heavy atom. The lowest BCUT2D eigenvalue weighted by Crippen LogP contribution is -2.31. The Labute approximate surface area is 167 Å². The number of H-pyrrole nitrogens is 1. The summed E-state index contributed by atoms with van der Waals surface area (Å²) in [7, 11) is 1.64. The van der Waals surface area contributed by atoms with Gasteiger partial charge in [-0.15, -0.1) is 6.42 Å². The molecule has 0 spiro atoms. The van der Waals surface area contributed by atoms with Crippen molar-refractivity contribution in [3.05, 3.63) is 64.3 Å². The maximum absolute atomic E-state index is 12.7. The van der Waals surface area contributed by atoms with Crippen molar-refractivity contribution in [2.75, 3.05) is 18.6 Å². The second-order valence-electron chi connectivity index (χ2n) is 6.17. The lowest BCUT2D eigenvalue weighted by atomic mass is 10.1. The molecular weight excluding hydrogens is 370 g/mol. The molecule has 8 nitrogen and oxygen atoms in total. The molecule has 0 bridgehead atoms. The zero-order valence-corrected chi connectivity index (χ0v) is 16.0. The van der Waals surface area contributed by atoms with Crippen molar-refractivity contribution in [2.45, 2.75) is 13.3 Å². The van der Waals surface area contributed by atoms with Crippen LogP contribution >= 0.6 is 0 Å². The Morgan fingerprint density at radius 2 is 1.93 bits per heavy atom. The van der Waals surface area contributed by atoms with Gasteiger partial charge in [0.25, 0.3) is 5.56 Å². The van der Waals surface area contributed by atoms with Gasteiger partial charge in [-0.2, -0.15) is 0 Å². The van der Waals surface area contributed by atoms with E-state index >= 15 is 0 Å². The molecule has 0 fully saturated rings. The predicted molar refractivity (Wildman–Crippen MR) is 109 cm³/mol. The van der Waals surface area contributed by atoms with E-state index in [-0.39, 0.29) is 30.3 Å². The Kier molecular flexibility index (Phi) is 6.00. The van der Waals surface area contributed by atoms with Crippen molar-refractivity contribution in [1.82, 2.24) is 19.9 Å². The van der Waals surface area contributed by atoms with E-state index in [4.69, 9.17) is 11.2 Å². The number of anilines is 1. The molecular formula is C21H19N5O3. The summed E-state index contributed by atoms with van der Waals surface area (Å²) >= 11 is 0. The molecule has 0 radical (unpaired) electrons. The van der Waals surface area contributed by atoms with Crippen LogP contribution in [0.15, 0.2) is 47.5 Å². The van der Waals surface area contributed by atoms with Crippen molar-refractivity contribution in [3.8, 4) is 29.7 Å². The van der Waals surface area contributed by atoms with Crippen LogP contribution in [0.2, 0.25) is 0 Å². The minimum Gasteiger partial charge on any atom is -0.481 e. The first-order valence-corrected chi connectivity index (χ1v) is 8.79. The van der Waals surface area contributed by atoms with Crippen LogP contribution in [0.4, 0.5) is 5.69 Å². The average molecular weight is 389 g/mol. The fourth-order valence-corrected chi connectivity index (χ4v) is 2.65. The van der Waals surface area contributed by atoms with E-state index < -0.39 is 0 Å². The second kappa shape index (κ2) is 8.80. The summed E-state index contributed by atoms with van der Waals surface area (Å²) in [5, 5.41) is 0. The van der Waals surface area contributed by atoms with Gasteiger partial charge in [-0.25, -0.2) is 15.0 Å². The third-order valence-corrected chi connectivity index (χ3v) is 4.25. The second-order valence-corrected chi connectivity index (χ2v) is 6.17. The number of nitrogens with one attached hydrogen (secondary N) is 1. The highest BCUT2D eigenvalue weighted by Crippen LogP contribution is 2.19. The Bertz CT molecular complexity index is 1100. The number of aromatic amines is 1. The lowest BCUT2D eigenvalue weighted by molar-refractivity contribution is -0.117. The van der Waals surface area contributed by atoms with Gasteiger partial charge < -0.3 is 14.6 Å². The maximum Gasteiger partial charge on any atom is 0.255 e. The number of terminal acetylenes is 1. The minimum atomic E-state index is -0.389. The standard InChI is InChI=1S/C21H19N5O3/c1-4-12-29-16-8-6-15(7-9-16)26(3)18(27)13-17-14(2)24-20(25-21(17)28)19-22-10-5-11-23-19/h1,5-11H,12-13H2,2-3H3,(H,24,25,28). The molecule has 8 heteroatoms. The highest BCUT2D eigenvalue weighted by atomic mass is 16.5. The van der Waals surface area contributed by atoms with Gasteiger partial charge in [-0.3, -0.25) is 9.59 Å². The number of carbonyl (C=O) groups excluding carboxylic acids is 1. The Morgan fingerprint density at radius 3 is 2.55 bits per heavy atom. The number of rotatable bonds is 6. The van der Waals surface area contributed by atoms with E-state index in [2.05, 4.69) is 25.9 Å². The number of benzene rings is 1. The summed E-state index contributed by atoms with van der Waals surface area (Å²) in [5.74, 6) is 3.33. The molecule has 0 aliphatic carbocycles. The molecule has 146 valence electrons. The zero-order chi connectivity index (χ0) is 20.8. The first-order valence-electron chi connectivity index (χ1n) is 8.79. The number of hydrogen-bond donors (Lipinski definition) is 1. The van der Waals surface area contributed by atoms with Crippen LogP contribution in [0.5, 0.6) is 5.75 Å². The number of ether oxygens (including phenoxy) is 1. The molecule has 3 rings (SSSR count). The van der Waals surface area contributed by atoms with E-state index in [0.29, 0.717) is 28.5 Å². The third kappa shape index (κ3) is 4.65. The molecule has 1 N–H and O–H groups in total. The fraction of sp³-hybridized carbons (Fsp3) is 0.190. The van der Waals surface area contributed by atoms with Gasteiger partial charge in [0.05, 0.1) is 6.42 Å². The molecule has 0 saturated carbocycles. The topological polar surface area (TPSA) is 101 Å². The molecule has 2 aromatic heterocycles. The van der Waals surface area contributed by atoms with Crippen LogP contribution in [0.3, 0.4) is 0 Å². The quantitative estimate of drug-likeness (QED) is 0.645. The number of aryl methyl sites for hydroxylation is 1. The minimum absolute atomic E-state index is 0.0874. The van der Waals surface area contributed by atoms with E-state index in [9.17, 15) is 9.59 Å². The molecule has 0 aliphatic rings. The number of nitrogens with zero attached hydrogens (tertiary/aromatic N) is 4. The van der Waals surface area contributed by atoms with Crippen molar-refractivity contribution >= 4 is 11.6 Å².